The van der Waals surface area contributed by atoms with Crippen LogP contribution in [-0.2, 0) is 11.8 Å². The Morgan fingerprint density at radius 1 is 1.60 bits per heavy atom. The second-order valence-corrected chi connectivity index (χ2v) is 4.39. The van der Waals surface area contributed by atoms with Gasteiger partial charge in [-0.25, -0.2) is 0 Å². The molecule has 0 aliphatic carbocycles. The van der Waals surface area contributed by atoms with Crippen LogP contribution in [0.5, 0.6) is 0 Å². The number of aryl methyl sites for hydroxylation is 1. The first-order valence-electron chi connectivity index (χ1n) is 5.20. The molecular formula is C11H21N3O. The summed E-state index contributed by atoms with van der Waals surface area (Å²) in [4.78, 5) is 0. The molecule has 0 aromatic carbocycles. The minimum absolute atomic E-state index is 0.127. The highest BCUT2D eigenvalue weighted by molar-refractivity contribution is 5.07. The lowest BCUT2D eigenvalue weighted by Crippen LogP contribution is -2.31. The maximum Gasteiger partial charge on any atom is 0.0641 e. The van der Waals surface area contributed by atoms with Gasteiger partial charge in [-0.3, -0.25) is 4.68 Å². The highest BCUT2D eigenvalue weighted by atomic mass is 16.5. The lowest BCUT2D eigenvalue weighted by molar-refractivity contribution is 0.00682. The summed E-state index contributed by atoms with van der Waals surface area (Å²) in [6, 6.07) is 2.31. The van der Waals surface area contributed by atoms with E-state index in [-0.39, 0.29) is 11.6 Å². The van der Waals surface area contributed by atoms with E-state index in [1.807, 2.05) is 31.0 Å². The molecule has 0 saturated carbocycles. The molecule has 1 unspecified atom stereocenters. The zero-order chi connectivity index (χ0) is 11.5. The van der Waals surface area contributed by atoms with Gasteiger partial charge in [0.25, 0.3) is 0 Å². The van der Waals surface area contributed by atoms with E-state index in [9.17, 15) is 0 Å². The smallest absolute Gasteiger partial charge is 0.0641 e. The van der Waals surface area contributed by atoms with Crippen molar-refractivity contribution in [3.8, 4) is 0 Å². The number of nitrogens with zero attached hydrogens (tertiary/aromatic N) is 2. The van der Waals surface area contributed by atoms with E-state index in [0.29, 0.717) is 0 Å². The SMILES string of the molecule is CNC(CC(C)(C)OC)c1ccnn1C. The van der Waals surface area contributed by atoms with E-state index in [1.54, 1.807) is 7.11 Å². The van der Waals surface area contributed by atoms with E-state index >= 15 is 0 Å². The molecular weight excluding hydrogens is 190 g/mol. The van der Waals surface area contributed by atoms with Crippen LogP contribution in [0.15, 0.2) is 12.3 Å². The van der Waals surface area contributed by atoms with Crippen molar-refractivity contribution in [1.29, 1.82) is 0 Å². The Kier molecular flexibility index (Phi) is 3.88. The maximum absolute atomic E-state index is 5.44. The van der Waals surface area contributed by atoms with Crippen molar-refractivity contribution >= 4 is 0 Å². The first kappa shape index (κ1) is 12.2. The zero-order valence-corrected chi connectivity index (χ0v) is 10.2. The summed E-state index contributed by atoms with van der Waals surface area (Å²) in [7, 11) is 5.67. The van der Waals surface area contributed by atoms with Crippen LogP contribution in [0.25, 0.3) is 0 Å². The van der Waals surface area contributed by atoms with Crippen molar-refractivity contribution in [2.75, 3.05) is 14.2 Å². The Bertz CT molecular complexity index is 307. The summed E-state index contributed by atoms with van der Waals surface area (Å²) >= 11 is 0. The topological polar surface area (TPSA) is 39.1 Å². The molecule has 1 rings (SSSR count). The average Bonchev–Trinajstić information content (AvgIpc) is 2.61. The molecule has 0 spiro atoms. The van der Waals surface area contributed by atoms with Crippen LogP contribution in [0.3, 0.4) is 0 Å². The van der Waals surface area contributed by atoms with Gasteiger partial charge in [-0.15, -0.1) is 0 Å². The first-order valence-corrected chi connectivity index (χ1v) is 5.20. The molecule has 0 fully saturated rings. The van der Waals surface area contributed by atoms with Crippen molar-refractivity contribution in [3.63, 3.8) is 0 Å². The van der Waals surface area contributed by atoms with Crippen LogP contribution in [0.1, 0.15) is 32.0 Å². The summed E-state index contributed by atoms with van der Waals surface area (Å²) in [6.07, 6.45) is 2.74. The van der Waals surface area contributed by atoms with Gasteiger partial charge in [0, 0.05) is 20.4 Å². The molecule has 15 heavy (non-hydrogen) atoms. The summed E-state index contributed by atoms with van der Waals surface area (Å²) < 4.78 is 7.33. The van der Waals surface area contributed by atoms with Crippen molar-refractivity contribution in [2.45, 2.75) is 31.9 Å². The normalized spacial score (nSPS) is 14.2. The fraction of sp³-hybridized carbons (Fsp3) is 0.727. The third-order valence-electron chi connectivity index (χ3n) is 2.81. The number of rotatable bonds is 5. The van der Waals surface area contributed by atoms with Crippen LogP contribution in [0, 0.1) is 0 Å². The Morgan fingerprint density at radius 3 is 2.67 bits per heavy atom. The molecule has 4 heteroatoms. The standard InChI is InChI=1S/C11H21N3O/c1-11(2,15-5)8-9(12-3)10-6-7-13-14(10)4/h6-7,9,12H,8H2,1-5H3. The molecule has 1 aromatic heterocycles. The molecule has 0 amide bonds. The monoisotopic (exact) mass is 211 g/mol. The van der Waals surface area contributed by atoms with Crippen molar-refractivity contribution < 1.29 is 4.74 Å². The minimum Gasteiger partial charge on any atom is -0.379 e. The lowest BCUT2D eigenvalue weighted by atomic mass is 9.97. The quantitative estimate of drug-likeness (QED) is 0.802. The molecule has 0 aliphatic heterocycles. The van der Waals surface area contributed by atoms with Gasteiger partial charge >= 0.3 is 0 Å². The largest absolute Gasteiger partial charge is 0.379 e. The predicted octanol–water partition coefficient (Wildman–Crippen LogP) is 1.50. The Balaban J connectivity index is 2.77. The van der Waals surface area contributed by atoms with Crippen LogP contribution in [-0.4, -0.2) is 29.5 Å². The molecule has 1 aromatic rings. The van der Waals surface area contributed by atoms with Crippen LogP contribution in [0.2, 0.25) is 0 Å². The highest BCUT2D eigenvalue weighted by Gasteiger charge is 2.24. The number of hydrogen-bond acceptors (Lipinski definition) is 3. The number of hydrogen-bond donors (Lipinski definition) is 1. The predicted molar refractivity (Wildman–Crippen MR) is 60.7 cm³/mol. The molecule has 86 valence electrons. The Hall–Kier alpha value is -0.870. The Morgan fingerprint density at radius 2 is 2.27 bits per heavy atom. The maximum atomic E-state index is 5.44. The molecule has 1 N–H and O–H groups in total. The van der Waals surface area contributed by atoms with Gasteiger partial charge in [0.15, 0.2) is 0 Å². The van der Waals surface area contributed by atoms with Crippen LogP contribution < -0.4 is 5.32 Å². The molecule has 1 heterocycles. The third-order valence-corrected chi connectivity index (χ3v) is 2.81. The Labute approximate surface area is 91.6 Å². The second kappa shape index (κ2) is 4.77. The van der Waals surface area contributed by atoms with Gasteiger partial charge in [0.2, 0.25) is 0 Å². The minimum atomic E-state index is -0.127. The highest BCUT2D eigenvalue weighted by Crippen LogP contribution is 2.24. The van der Waals surface area contributed by atoms with E-state index < -0.39 is 0 Å². The van der Waals surface area contributed by atoms with E-state index in [2.05, 4.69) is 24.3 Å². The number of nitrogens with one attached hydrogen (secondary N) is 1. The molecule has 0 bridgehead atoms. The zero-order valence-electron chi connectivity index (χ0n) is 10.2. The van der Waals surface area contributed by atoms with Crippen LogP contribution in [0.4, 0.5) is 0 Å². The summed E-state index contributed by atoms with van der Waals surface area (Å²) in [5.74, 6) is 0. The first-order chi connectivity index (χ1) is 7.00. The third kappa shape index (κ3) is 3.04. The average molecular weight is 211 g/mol. The van der Waals surface area contributed by atoms with Gasteiger partial charge < -0.3 is 10.1 Å². The molecule has 1 atom stereocenters. The second-order valence-electron chi connectivity index (χ2n) is 4.39. The van der Waals surface area contributed by atoms with Crippen molar-refractivity contribution in [1.82, 2.24) is 15.1 Å². The van der Waals surface area contributed by atoms with E-state index in [4.69, 9.17) is 4.74 Å². The summed E-state index contributed by atoms with van der Waals surface area (Å²) in [5.41, 5.74) is 1.06. The fourth-order valence-electron chi connectivity index (χ4n) is 1.66. The van der Waals surface area contributed by atoms with Gasteiger partial charge in [-0.2, -0.15) is 5.10 Å². The van der Waals surface area contributed by atoms with Gasteiger partial charge in [-0.1, -0.05) is 0 Å². The molecule has 0 aliphatic rings. The van der Waals surface area contributed by atoms with E-state index in [0.717, 1.165) is 6.42 Å². The number of ether oxygens (including phenoxy) is 1. The number of methoxy groups -OCH3 is 1. The molecule has 0 saturated heterocycles. The lowest BCUT2D eigenvalue weighted by Gasteiger charge is -2.28. The van der Waals surface area contributed by atoms with Crippen molar-refractivity contribution in [3.05, 3.63) is 18.0 Å². The summed E-state index contributed by atoms with van der Waals surface area (Å²) in [5, 5.41) is 7.47. The van der Waals surface area contributed by atoms with Crippen LogP contribution >= 0.6 is 0 Å². The summed E-state index contributed by atoms with van der Waals surface area (Å²) in [6.45, 7) is 4.18. The molecule has 4 nitrogen and oxygen atoms in total. The fourth-order valence-corrected chi connectivity index (χ4v) is 1.66. The molecule has 0 radical (unpaired) electrons. The van der Waals surface area contributed by atoms with Gasteiger partial charge in [0.1, 0.15) is 0 Å². The van der Waals surface area contributed by atoms with E-state index in [1.165, 1.54) is 5.69 Å². The van der Waals surface area contributed by atoms with Gasteiger partial charge in [-0.05, 0) is 33.4 Å². The van der Waals surface area contributed by atoms with Crippen molar-refractivity contribution in [2.24, 2.45) is 7.05 Å². The van der Waals surface area contributed by atoms with Gasteiger partial charge in [0.05, 0.1) is 17.3 Å². The number of aromatic nitrogens is 2.